The highest BCUT2D eigenvalue weighted by molar-refractivity contribution is 7.18. The van der Waals surface area contributed by atoms with Gasteiger partial charge >= 0.3 is 12.1 Å². The van der Waals surface area contributed by atoms with Crippen molar-refractivity contribution in [2.75, 3.05) is 6.54 Å². The summed E-state index contributed by atoms with van der Waals surface area (Å²) in [5.41, 5.74) is -0.727. The van der Waals surface area contributed by atoms with Crippen LogP contribution in [0.15, 0.2) is 12.1 Å². The molecule has 0 aromatic carbocycles. The molecule has 0 bridgehead atoms. The van der Waals surface area contributed by atoms with E-state index in [0.29, 0.717) is 9.21 Å². The molecule has 1 saturated heterocycles. The monoisotopic (exact) mass is 374 g/mol. The summed E-state index contributed by atoms with van der Waals surface area (Å²) in [7, 11) is 0. The Morgan fingerprint density at radius 3 is 2.54 bits per heavy atom. The molecule has 1 aromatic rings. The van der Waals surface area contributed by atoms with Gasteiger partial charge in [0.2, 0.25) is 0 Å². The van der Waals surface area contributed by atoms with Crippen molar-refractivity contribution in [1.82, 2.24) is 10.2 Å². The van der Waals surface area contributed by atoms with Crippen molar-refractivity contribution in [3.05, 3.63) is 21.3 Å². The molecule has 24 heavy (non-hydrogen) atoms. The second kappa shape index (κ2) is 6.98. The van der Waals surface area contributed by atoms with Gasteiger partial charge in [-0.2, -0.15) is 0 Å². The summed E-state index contributed by atoms with van der Waals surface area (Å²) in [5, 5.41) is 12.1. The predicted octanol–water partition coefficient (Wildman–Crippen LogP) is 2.59. The van der Waals surface area contributed by atoms with E-state index in [9.17, 15) is 19.5 Å². The lowest BCUT2D eigenvalue weighted by Crippen LogP contribution is -2.44. The molecule has 1 aliphatic heterocycles. The number of likely N-dealkylation sites (tertiary alicyclic amines) is 1. The number of carbonyl (C=O) groups is 3. The van der Waals surface area contributed by atoms with E-state index in [-0.39, 0.29) is 18.9 Å². The molecule has 0 spiro atoms. The van der Waals surface area contributed by atoms with Crippen LogP contribution in [0.25, 0.3) is 0 Å². The maximum Gasteiger partial charge on any atom is 0.411 e. The molecule has 0 aliphatic carbocycles. The third kappa shape index (κ3) is 4.61. The predicted molar refractivity (Wildman–Crippen MR) is 89.6 cm³/mol. The third-order valence-corrected chi connectivity index (χ3v) is 4.58. The zero-order valence-electron chi connectivity index (χ0n) is 13.5. The Hall–Kier alpha value is -1.80. The van der Waals surface area contributed by atoms with E-state index in [1.54, 1.807) is 32.9 Å². The van der Waals surface area contributed by atoms with Gasteiger partial charge in [-0.05, 0) is 32.9 Å². The van der Waals surface area contributed by atoms with Crippen LogP contribution in [0.4, 0.5) is 4.79 Å². The minimum absolute atomic E-state index is 0.0801. The maximum atomic E-state index is 12.2. The summed E-state index contributed by atoms with van der Waals surface area (Å²) in [6.45, 7) is 5.19. The average Bonchev–Trinajstić information content (AvgIpc) is 3.03. The Bertz CT molecular complexity index is 655. The molecular formula is C15H19ClN2O5S. The number of amides is 2. The Labute approximate surface area is 148 Å². The zero-order valence-corrected chi connectivity index (χ0v) is 15.1. The average molecular weight is 375 g/mol. The fourth-order valence-corrected chi connectivity index (χ4v) is 3.34. The highest BCUT2D eigenvalue weighted by Crippen LogP contribution is 2.24. The van der Waals surface area contributed by atoms with Crippen molar-refractivity contribution >= 4 is 40.9 Å². The van der Waals surface area contributed by atoms with Crippen molar-refractivity contribution in [2.45, 2.75) is 44.9 Å². The van der Waals surface area contributed by atoms with Gasteiger partial charge in [0.1, 0.15) is 11.6 Å². The Morgan fingerprint density at radius 1 is 1.38 bits per heavy atom. The third-order valence-electron chi connectivity index (χ3n) is 3.35. The summed E-state index contributed by atoms with van der Waals surface area (Å²) in [4.78, 5) is 37.3. The quantitative estimate of drug-likeness (QED) is 0.847. The van der Waals surface area contributed by atoms with E-state index >= 15 is 0 Å². The van der Waals surface area contributed by atoms with Gasteiger partial charge in [-0.25, -0.2) is 9.59 Å². The van der Waals surface area contributed by atoms with E-state index in [1.165, 1.54) is 0 Å². The van der Waals surface area contributed by atoms with Gasteiger partial charge < -0.3 is 15.2 Å². The molecule has 1 fully saturated rings. The smallest absolute Gasteiger partial charge is 0.411 e. The summed E-state index contributed by atoms with van der Waals surface area (Å²) in [6, 6.07) is 1.71. The Balaban J connectivity index is 2.05. The molecule has 7 nitrogen and oxygen atoms in total. The van der Waals surface area contributed by atoms with Crippen LogP contribution in [0.2, 0.25) is 4.34 Å². The van der Waals surface area contributed by atoms with Crippen molar-refractivity contribution in [3.63, 3.8) is 0 Å². The van der Waals surface area contributed by atoms with E-state index in [0.717, 1.165) is 16.2 Å². The number of nitrogens with zero attached hydrogens (tertiary/aromatic N) is 1. The standard InChI is InChI=1S/C15H19ClN2O5S/c1-15(2,3)23-14(22)18-7-8(6-9(18)13(20)21)17-12(19)10-4-5-11(16)24-10/h4-5,8-9H,6-7H2,1-3H3,(H,17,19)(H,20,21)/t8-,9+/m1/s1. The molecule has 2 rings (SSSR count). The van der Waals surface area contributed by atoms with Crippen LogP contribution < -0.4 is 5.32 Å². The maximum absolute atomic E-state index is 12.2. The number of rotatable bonds is 3. The summed E-state index contributed by atoms with van der Waals surface area (Å²) in [6.07, 6.45) is -0.579. The number of halogens is 1. The van der Waals surface area contributed by atoms with Crippen molar-refractivity contribution in [2.24, 2.45) is 0 Å². The normalized spacial score (nSPS) is 20.8. The molecule has 0 saturated carbocycles. The van der Waals surface area contributed by atoms with Gasteiger partial charge in [0.25, 0.3) is 5.91 Å². The first-order valence-corrected chi connectivity index (χ1v) is 8.55. The second-order valence-corrected chi connectivity index (χ2v) is 8.21. The molecule has 2 atom stereocenters. The van der Waals surface area contributed by atoms with E-state index < -0.39 is 29.7 Å². The van der Waals surface area contributed by atoms with Gasteiger partial charge in [-0.3, -0.25) is 9.69 Å². The van der Waals surface area contributed by atoms with Crippen LogP contribution in [-0.4, -0.2) is 52.2 Å². The number of hydrogen-bond acceptors (Lipinski definition) is 5. The SMILES string of the molecule is CC(C)(C)OC(=O)N1C[C@H](NC(=O)c2ccc(Cl)s2)C[C@H]1C(=O)O. The van der Waals surface area contributed by atoms with Gasteiger partial charge in [0, 0.05) is 19.0 Å². The lowest BCUT2D eigenvalue weighted by Gasteiger charge is -2.26. The number of aliphatic carboxylic acids is 1. The second-order valence-electron chi connectivity index (χ2n) is 6.50. The van der Waals surface area contributed by atoms with Crippen LogP contribution in [0.3, 0.4) is 0 Å². The first-order chi connectivity index (χ1) is 11.1. The highest BCUT2D eigenvalue weighted by atomic mass is 35.5. The van der Waals surface area contributed by atoms with Crippen LogP contribution in [0.5, 0.6) is 0 Å². The fraction of sp³-hybridized carbons (Fsp3) is 0.533. The largest absolute Gasteiger partial charge is 0.480 e. The molecule has 9 heteroatoms. The molecular weight excluding hydrogens is 356 g/mol. The fourth-order valence-electron chi connectivity index (χ4n) is 2.39. The van der Waals surface area contributed by atoms with Crippen LogP contribution in [-0.2, 0) is 9.53 Å². The van der Waals surface area contributed by atoms with E-state index in [2.05, 4.69) is 5.32 Å². The molecule has 1 aliphatic rings. The number of carboxylic acids is 1. The summed E-state index contributed by atoms with van der Waals surface area (Å²) >= 11 is 6.94. The molecule has 132 valence electrons. The number of thiophene rings is 1. The van der Waals surface area contributed by atoms with Crippen molar-refractivity contribution < 1.29 is 24.2 Å². The summed E-state index contributed by atoms with van der Waals surface area (Å²) < 4.78 is 5.73. The number of carbonyl (C=O) groups excluding carboxylic acids is 2. The van der Waals surface area contributed by atoms with Crippen LogP contribution >= 0.6 is 22.9 Å². The van der Waals surface area contributed by atoms with Gasteiger partial charge in [0.05, 0.1) is 9.21 Å². The van der Waals surface area contributed by atoms with Crippen LogP contribution in [0.1, 0.15) is 36.9 Å². The summed E-state index contributed by atoms with van der Waals surface area (Å²) in [5.74, 6) is -1.47. The Kier molecular flexibility index (Phi) is 5.39. The first kappa shape index (κ1) is 18.5. The highest BCUT2D eigenvalue weighted by Gasteiger charge is 2.42. The van der Waals surface area contributed by atoms with Gasteiger partial charge in [-0.15, -0.1) is 11.3 Å². The molecule has 2 amide bonds. The molecule has 1 aromatic heterocycles. The van der Waals surface area contributed by atoms with E-state index in [4.69, 9.17) is 16.3 Å². The number of ether oxygens (including phenoxy) is 1. The van der Waals surface area contributed by atoms with Gasteiger partial charge in [0.15, 0.2) is 0 Å². The van der Waals surface area contributed by atoms with Crippen LogP contribution in [0, 0.1) is 0 Å². The Morgan fingerprint density at radius 2 is 2.04 bits per heavy atom. The molecule has 0 unspecified atom stereocenters. The minimum Gasteiger partial charge on any atom is -0.480 e. The minimum atomic E-state index is -1.13. The number of carboxylic acid groups (broad SMARTS) is 1. The lowest BCUT2D eigenvalue weighted by molar-refractivity contribution is -0.142. The number of nitrogens with one attached hydrogen (secondary N) is 1. The molecule has 2 heterocycles. The zero-order chi connectivity index (χ0) is 18.1. The molecule has 0 radical (unpaired) electrons. The number of hydrogen-bond donors (Lipinski definition) is 2. The lowest BCUT2D eigenvalue weighted by atomic mass is 10.1. The topological polar surface area (TPSA) is 95.9 Å². The first-order valence-electron chi connectivity index (χ1n) is 7.35. The van der Waals surface area contributed by atoms with Crippen molar-refractivity contribution in [3.8, 4) is 0 Å². The molecule has 2 N–H and O–H groups in total. The van der Waals surface area contributed by atoms with Gasteiger partial charge in [-0.1, -0.05) is 11.6 Å². The van der Waals surface area contributed by atoms with Crippen molar-refractivity contribution in [1.29, 1.82) is 0 Å². The van der Waals surface area contributed by atoms with E-state index in [1.807, 2.05) is 0 Å².